The molecule has 4 heteroatoms. The molecule has 0 bridgehead atoms. The number of amides is 1. The van der Waals surface area contributed by atoms with Crippen LogP contribution in [0.5, 0.6) is 0 Å². The van der Waals surface area contributed by atoms with Gasteiger partial charge in [0, 0.05) is 33.0 Å². The van der Waals surface area contributed by atoms with Gasteiger partial charge in [-0.05, 0) is 30.7 Å². The molecule has 1 aromatic heterocycles. The van der Waals surface area contributed by atoms with E-state index in [0.717, 1.165) is 11.3 Å². The minimum Gasteiger partial charge on any atom is -0.377 e. The van der Waals surface area contributed by atoms with Gasteiger partial charge in [0.1, 0.15) is 5.69 Å². The molecule has 20 heavy (non-hydrogen) atoms. The zero-order valence-corrected chi connectivity index (χ0v) is 12.4. The van der Waals surface area contributed by atoms with Crippen molar-refractivity contribution in [2.24, 2.45) is 7.05 Å². The Balaban J connectivity index is 2.19. The number of nitrogens with one attached hydrogen (secondary N) is 1. The lowest BCUT2D eigenvalue weighted by atomic mass is 10.1. The topological polar surface area (TPSA) is 37.3 Å². The highest BCUT2D eigenvalue weighted by Gasteiger charge is 2.16. The van der Waals surface area contributed by atoms with E-state index in [2.05, 4.69) is 16.3 Å². The van der Waals surface area contributed by atoms with E-state index in [9.17, 15) is 4.79 Å². The molecule has 1 atom stereocenters. The van der Waals surface area contributed by atoms with Crippen molar-refractivity contribution in [3.05, 3.63) is 53.9 Å². The number of aromatic nitrogens is 1. The number of aryl methyl sites for hydroxylation is 1. The van der Waals surface area contributed by atoms with Gasteiger partial charge in [0.05, 0.1) is 6.04 Å². The molecule has 0 aliphatic rings. The van der Waals surface area contributed by atoms with Gasteiger partial charge >= 0.3 is 0 Å². The summed E-state index contributed by atoms with van der Waals surface area (Å²) >= 11 is 0. The van der Waals surface area contributed by atoms with Crippen LogP contribution in [0.2, 0.25) is 0 Å². The molecule has 2 aromatic rings. The summed E-state index contributed by atoms with van der Waals surface area (Å²) in [5, 5.41) is 3.05. The van der Waals surface area contributed by atoms with E-state index in [1.54, 1.807) is 0 Å². The highest BCUT2D eigenvalue weighted by Crippen LogP contribution is 2.24. The Labute approximate surface area is 120 Å². The van der Waals surface area contributed by atoms with Gasteiger partial charge in [0.2, 0.25) is 0 Å². The third-order valence-electron chi connectivity index (χ3n) is 3.41. The van der Waals surface area contributed by atoms with Crippen LogP contribution >= 0.6 is 0 Å². The fraction of sp³-hybridized carbons (Fsp3) is 0.312. The molecular formula is C16H21N3O. The quantitative estimate of drug-likeness (QED) is 0.928. The van der Waals surface area contributed by atoms with Gasteiger partial charge in [-0.15, -0.1) is 0 Å². The van der Waals surface area contributed by atoms with Gasteiger partial charge < -0.3 is 14.8 Å². The van der Waals surface area contributed by atoms with Crippen LogP contribution in [0.3, 0.4) is 0 Å². The van der Waals surface area contributed by atoms with Crippen LogP contribution in [-0.2, 0) is 7.05 Å². The lowest BCUT2D eigenvalue weighted by Crippen LogP contribution is -2.29. The Morgan fingerprint density at radius 1 is 1.20 bits per heavy atom. The number of hydrogen-bond donors (Lipinski definition) is 1. The van der Waals surface area contributed by atoms with Crippen LogP contribution in [0.1, 0.15) is 29.0 Å². The zero-order valence-electron chi connectivity index (χ0n) is 12.4. The van der Waals surface area contributed by atoms with Crippen molar-refractivity contribution in [1.82, 2.24) is 9.88 Å². The fourth-order valence-electron chi connectivity index (χ4n) is 2.31. The molecule has 1 aromatic carbocycles. The van der Waals surface area contributed by atoms with Crippen molar-refractivity contribution in [2.45, 2.75) is 13.0 Å². The van der Waals surface area contributed by atoms with Crippen molar-refractivity contribution in [3.8, 4) is 0 Å². The molecule has 0 spiro atoms. The van der Waals surface area contributed by atoms with Crippen molar-refractivity contribution >= 4 is 11.6 Å². The van der Waals surface area contributed by atoms with Gasteiger partial charge in [-0.2, -0.15) is 0 Å². The molecule has 0 aliphatic heterocycles. The summed E-state index contributed by atoms with van der Waals surface area (Å²) in [4.78, 5) is 14.3. The van der Waals surface area contributed by atoms with Gasteiger partial charge in [0.15, 0.2) is 0 Å². The number of rotatable bonds is 4. The molecule has 1 amide bonds. The summed E-state index contributed by atoms with van der Waals surface area (Å²) in [6, 6.07) is 11.7. The van der Waals surface area contributed by atoms with Crippen LogP contribution in [0.15, 0.2) is 42.6 Å². The standard InChI is InChI=1S/C16H21N3O/c1-12(13-8-5-6-9-14(13)18(2)3)17-16(20)15-10-7-11-19(15)4/h5-12H,1-4H3,(H,17,20). The summed E-state index contributed by atoms with van der Waals surface area (Å²) in [5.74, 6) is -0.0569. The Bertz CT molecular complexity index is 601. The highest BCUT2D eigenvalue weighted by atomic mass is 16.2. The molecule has 4 nitrogen and oxygen atoms in total. The first-order valence-corrected chi connectivity index (χ1v) is 6.69. The number of anilines is 1. The molecular weight excluding hydrogens is 250 g/mol. The lowest BCUT2D eigenvalue weighted by molar-refractivity contribution is 0.0932. The third kappa shape index (κ3) is 2.85. The third-order valence-corrected chi connectivity index (χ3v) is 3.41. The van der Waals surface area contributed by atoms with Gasteiger partial charge in [-0.3, -0.25) is 4.79 Å². The molecule has 0 aliphatic carbocycles. The zero-order chi connectivity index (χ0) is 14.7. The summed E-state index contributed by atoms with van der Waals surface area (Å²) in [7, 11) is 5.88. The molecule has 0 radical (unpaired) electrons. The largest absolute Gasteiger partial charge is 0.377 e. The lowest BCUT2D eigenvalue weighted by Gasteiger charge is -2.22. The number of benzene rings is 1. The van der Waals surface area contributed by atoms with Crippen LogP contribution < -0.4 is 10.2 Å². The van der Waals surface area contributed by atoms with Crippen LogP contribution in [0.4, 0.5) is 5.69 Å². The molecule has 0 saturated heterocycles. The van der Waals surface area contributed by atoms with Crippen LogP contribution in [0, 0.1) is 0 Å². The second kappa shape index (κ2) is 5.82. The summed E-state index contributed by atoms with van der Waals surface area (Å²) in [5.41, 5.74) is 2.89. The van der Waals surface area contributed by atoms with E-state index in [0.29, 0.717) is 5.69 Å². The number of para-hydroxylation sites is 1. The number of carbonyl (C=O) groups excluding carboxylic acids is 1. The number of nitrogens with zero attached hydrogens (tertiary/aromatic N) is 2. The Morgan fingerprint density at radius 2 is 1.90 bits per heavy atom. The molecule has 0 saturated carbocycles. The van der Waals surface area contributed by atoms with E-state index in [-0.39, 0.29) is 11.9 Å². The van der Waals surface area contributed by atoms with Gasteiger partial charge in [-0.1, -0.05) is 18.2 Å². The molecule has 2 rings (SSSR count). The summed E-state index contributed by atoms with van der Waals surface area (Å²) < 4.78 is 1.82. The van der Waals surface area contributed by atoms with Crippen LogP contribution in [0.25, 0.3) is 0 Å². The molecule has 106 valence electrons. The average molecular weight is 271 g/mol. The Hall–Kier alpha value is -2.23. The minimum atomic E-state index is -0.0569. The summed E-state index contributed by atoms with van der Waals surface area (Å²) in [6.45, 7) is 2.00. The number of hydrogen-bond acceptors (Lipinski definition) is 2. The molecule has 1 unspecified atom stereocenters. The maximum atomic E-state index is 12.2. The second-order valence-electron chi connectivity index (χ2n) is 5.15. The minimum absolute atomic E-state index is 0.0454. The van der Waals surface area contributed by atoms with Crippen molar-refractivity contribution in [2.75, 3.05) is 19.0 Å². The van der Waals surface area contributed by atoms with Crippen molar-refractivity contribution in [3.63, 3.8) is 0 Å². The first-order chi connectivity index (χ1) is 9.50. The van der Waals surface area contributed by atoms with Crippen molar-refractivity contribution in [1.29, 1.82) is 0 Å². The SMILES string of the molecule is CC(NC(=O)c1cccn1C)c1ccccc1N(C)C. The predicted octanol–water partition coefficient (Wildman–Crippen LogP) is 2.58. The average Bonchev–Trinajstić information content (AvgIpc) is 2.85. The highest BCUT2D eigenvalue weighted by molar-refractivity contribution is 5.93. The first kappa shape index (κ1) is 14.2. The predicted molar refractivity (Wildman–Crippen MR) is 82.1 cm³/mol. The first-order valence-electron chi connectivity index (χ1n) is 6.69. The monoisotopic (exact) mass is 271 g/mol. The van der Waals surface area contributed by atoms with E-state index < -0.39 is 0 Å². The number of carbonyl (C=O) groups is 1. The Kier molecular flexibility index (Phi) is 4.13. The van der Waals surface area contributed by atoms with E-state index in [1.807, 2.05) is 69.2 Å². The van der Waals surface area contributed by atoms with E-state index >= 15 is 0 Å². The smallest absolute Gasteiger partial charge is 0.268 e. The van der Waals surface area contributed by atoms with Gasteiger partial charge in [-0.25, -0.2) is 0 Å². The Morgan fingerprint density at radius 3 is 2.50 bits per heavy atom. The normalized spacial score (nSPS) is 12.0. The van der Waals surface area contributed by atoms with Crippen molar-refractivity contribution < 1.29 is 4.79 Å². The fourth-order valence-corrected chi connectivity index (χ4v) is 2.31. The molecule has 0 fully saturated rings. The molecule has 1 N–H and O–H groups in total. The van der Waals surface area contributed by atoms with E-state index in [1.165, 1.54) is 0 Å². The van der Waals surface area contributed by atoms with E-state index in [4.69, 9.17) is 0 Å². The van der Waals surface area contributed by atoms with Crippen LogP contribution in [-0.4, -0.2) is 24.6 Å². The molecule has 1 heterocycles. The maximum absolute atomic E-state index is 12.2. The summed E-state index contributed by atoms with van der Waals surface area (Å²) in [6.07, 6.45) is 1.87. The maximum Gasteiger partial charge on any atom is 0.268 e. The van der Waals surface area contributed by atoms with Gasteiger partial charge in [0.25, 0.3) is 5.91 Å². The second-order valence-corrected chi connectivity index (χ2v) is 5.15.